The van der Waals surface area contributed by atoms with Gasteiger partial charge in [0.25, 0.3) is 0 Å². The number of benzene rings is 2. The van der Waals surface area contributed by atoms with Gasteiger partial charge in [-0.1, -0.05) is 30.3 Å². The third kappa shape index (κ3) is 4.00. The molecule has 1 unspecified atom stereocenters. The molecule has 3 rings (SSSR count). The zero-order valence-electron chi connectivity index (χ0n) is 14.7. The Balaban J connectivity index is 1.76. The van der Waals surface area contributed by atoms with Crippen LogP contribution in [0.3, 0.4) is 0 Å². The van der Waals surface area contributed by atoms with Crippen LogP contribution in [-0.4, -0.2) is 44.3 Å². The van der Waals surface area contributed by atoms with E-state index in [1.807, 2.05) is 42.5 Å². The smallest absolute Gasteiger partial charge is 0.211 e. The molecule has 1 aliphatic heterocycles. The van der Waals surface area contributed by atoms with E-state index in [1.165, 1.54) is 0 Å². The van der Waals surface area contributed by atoms with E-state index in [0.29, 0.717) is 37.6 Å². The lowest BCUT2D eigenvalue weighted by molar-refractivity contribution is -0.130. The highest BCUT2D eigenvalue weighted by atomic mass is 16.5. The minimum atomic E-state index is -0.286. The number of methoxy groups -OCH3 is 1. The van der Waals surface area contributed by atoms with Gasteiger partial charge in [0.05, 0.1) is 12.2 Å². The minimum absolute atomic E-state index is 0.286. The molecule has 1 aliphatic rings. The van der Waals surface area contributed by atoms with Gasteiger partial charge in [0.15, 0.2) is 0 Å². The molecule has 1 N–H and O–H groups in total. The van der Waals surface area contributed by atoms with Crippen molar-refractivity contribution in [1.82, 2.24) is 4.90 Å². The fraction of sp³-hybridized carbons (Fsp3) is 0.316. The van der Waals surface area contributed by atoms with Crippen LogP contribution < -0.4 is 10.2 Å². The Morgan fingerprint density at radius 3 is 2.73 bits per heavy atom. The van der Waals surface area contributed by atoms with E-state index in [-0.39, 0.29) is 6.23 Å². The fourth-order valence-electron chi connectivity index (χ4n) is 3.06. The lowest BCUT2D eigenvalue weighted by Gasteiger charge is -2.39. The molecule has 0 aromatic heterocycles. The second kappa shape index (κ2) is 8.44. The molecule has 1 fully saturated rings. The van der Waals surface area contributed by atoms with Crippen molar-refractivity contribution in [2.75, 3.05) is 37.0 Å². The van der Waals surface area contributed by atoms with Crippen LogP contribution in [0.15, 0.2) is 53.7 Å². The molecule has 1 amide bonds. The first kappa shape index (κ1) is 17.9. The predicted molar refractivity (Wildman–Crippen MR) is 101 cm³/mol. The summed E-state index contributed by atoms with van der Waals surface area (Å²) in [6.45, 7) is 2.46. The number of carbonyl (C=O) groups is 1. The number of nitrogens with zero attached hydrogens (tertiary/aromatic N) is 3. The van der Waals surface area contributed by atoms with Crippen LogP contribution in [0, 0.1) is 4.91 Å². The maximum absolute atomic E-state index is 11.1. The second-order valence-corrected chi connectivity index (χ2v) is 6.11. The number of carbonyl (C=O) groups excluding carboxylic acids is 1. The standard InChI is InChI=1S/C19H22N4O3/c1-26-19-13-22(9-10-23(19)14-24)16-7-8-17(21-25)18(11-16)20-12-15-5-3-2-4-6-15/h2-8,11,14,19-20H,9-10,12-13H2,1H3. The van der Waals surface area contributed by atoms with Crippen LogP contribution in [0.2, 0.25) is 0 Å². The lowest BCUT2D eigenvalue weighted by Crippen LogP contribution is -2.53. The van der Waals surface area contributed by atoms with Crippen molar-refractivity contribution in [3.8, 4) is 0 Å². The van der Waals surface area contributed by atoms with Gasteiger partial charge in [0, 0.05) is 32.4 Å². The molecule has 26 heavy (non-hydrogen) atoms. The van der Waals surface area contributed by atoms with E-state index < -0.39 is 0 Å². The van der Waals surface area contributed by atoms with Crippen molar-refractivity contribution in [3.05, 3.63) is 59.0 Å². The SMILES string of the molecule is COC1CN(c2ccc(N=O)c(NCc3ccccc3)c2)CCN1C=O. The monoisotopic (exact) mass is 354 g/mol. The van der Waals surface area contributed by atoms with Crippen LogP contribution in [0.4, 0.5) is 17.1 Å². The Kier molecular flexibility index (Phi) is 5.80. The van der Waals surface area contributed by atoms with Gasteiger partial charge in [-0.3, -0.25) is 4.79 Å². The van der Waals surface area contributed by atoms with E-state index >= 15 is 0 Å². The maximum Gasteiger partial charge on any atom is 0.211 e. The molecular weight excluding hydrogens is 332 g/mol. The number of piperazine rings is 1. The van der Waals surface area contributed by atoms with E-state index in [0.717, 1.165) is 17.7 Å². The molecule has 7 nitrogen and oxygen atoms in total. The maximum atomic E-state index is 11.1. The third-order valence-corrected chi connectivity index (χ3v) is 4.55. The van der Waals surface area contributed by atoms with Crippen molar-refractivity contribution < 1.29 is 9.53 Å². The van der Waals surface area contributed by atoms with Gasteiger partial charge in [-0.15, -0.1) is 4.91 Å². The normalized spacial score (nSPS) is 17.0. The van der Waals surface area contributed by atoms with Gasteiger partial charge >= 0.3 is 0 Å². The van der Waals surface area contributed by atoms with Crippen molar-refractivity contribution in [3.63, 3.8) is 0 Å². The molecule has 0 spiro atoms. The molecule has 2 aromatic rings. The van der Waals surface area contributed by atoms with E-state index in [9.17, 15) is 9.70 Å². The van der Waals surface area contributed by atoms with Crippen LogP contribution in [0.1, 0.15) is 5.56 Å². The number of ether oxygens (including phenoxy) is 1. The molecule has 1 saturated heterocycles. The summed E-state index contributed by atoms with van der Waals surface area (Å²) in [7, 11) is 1.59. The third-order valence-electron chi connectivity index (χ3n) is 4.55. The summed E-state index contributed by atoms with van der Waals surface area (Å²) >= 11 is 0. The summed E-state index contributed by atoms with van der Waals surface area (Å²) in [6, 6.07) is 15.5. The Morgan fingerprint density at radius 1 is 1.23 bits per heavy atom. The molecule has 7 heteroatoms. The Bertz CT molecular complexity index is 754. The molecular formula is C19H22N4O3. The summed E-state index contributed by atoms with van der Waals surface area (Å²) in [5.41, 5.74) is 3.14. The molecule has 0 radical (unpaired) electrons. The van der Waals surface area contributed by atoms with Gasteiger partial charge in [-0.25, -0.2) is 0 Å². The van der Waals surface area contributed by atoms with Crippen molar-refractivity contribution in [1.29, 1.82) is 0 Å². The molecule has 0 bridgehead atoms. The number of amides is 1. The summed E-state index contributed by atoms with van der Waals surface area (Å²) in [4.78, 5) is 26.0. The number of anilines is 2. The zero-order chi connectivity index (χ0) is 18.4. The van der Waals surface area contributed by atoms with Gasteiger partial charge in [-0.05, 0) is 28.9 Å². The quantitative estimate of drug-likeness (QED) is 0.611. The topological polar surface area (TPSA) is 74.2 Å². The number of rotatable bonds is 7. The summed E-state index contributed by atoms with van der Waals surface area (Å²) in [5, 5.41) is 6.40. The minimum Gasteiger partial charge on any atom is -0.379 e. The van der Waals surface area contributed by atoms with Crippen LogP contribution >= 0.6 is 0 Å². The van der Waals surface area contributed by atoms with E-state index in [2.05, 4.69) is 15.4 Å². The molecule has 136 valence electrons. The van der Waals surface area contributed by atoms with Gasteiger partial charge in [-0.2, -0.15) is 0 Å². The average molecular weight is 354 g/mol. The highest BCUT2D eigenvalue weighted by Crippen LogP contribution is 2.31. The number of hydrogen-bond donors (Lipinski definition) is 1. The van der Waals surface area contributed by atoms with Crippen LogP contribution in [0.5, 0.6) is 0 Å². The Hall–Kier alpha value is -2.93. The largest absolute Gasteiger partial charge is 0.379 e. The first-order chi connectivity index (χ1) is 12.7. The molecule has 0 aliphatic carbocycles. The van der Waals surface area contributed by atoms with Crippen molar-refractivity contribution in [2.24, 2.45) is 5.18 Å². The first-order valence-corrected chi connectivity index (χ1v) is 8.49. The molecule has 0 saturated carbocycles. The van der Waals surface area contributed by atoms with Crippen molar-refractivity contribution >= 4 is 23.5 Å². The van der Waals surface area contributed by atoms with E-state index in [1.54, 1.807) is 18.1 Å². The molecule has 1 atom stereocenters. The summed E-state index contributed by atoms with van der Waals surface area (Å²) in [6.07, 6.45) is 0.531. The number of hydrogen-bond acceptors (Lipinski definition) is 6. The van der Waals surface area contributed by atoms with E-state index in [4.69, 9.17) is 4.74 Å². The van der Waals surface area contributed by atoms with Crippen molar-refractivity contribution in [2.45, 2.75) is 12.8 Å². The highest BCUT2D eigenvalue weighted by Gasteiger charge is 2.26. The Morgan fingerprint density at radius 2 is 2.04 bits per heavy atom. The van der Waals surface area contributed by atoms with Gasteiger partial charge in [0.2, 0.25) is 6.41 Å². The van der Waals surface area contributed by atoms with Gasteiger partial charge < -0.3 is 19.9 Å². The van der Waals surface area contributed by atoms with Crippen LogP contribution in [-0.2, 0) is 16.1 Å². The second-order valence-electron chi connectivity index (χ2n) is 6.11. The van der Waals surface area contributed by atoms with Gasteiger partial charge in [0.1, 0.15) is 11.9 Å². The molecule has 2 aromatic carbocycles. The first-order valence-electron chi connectivity index (χ1n) is 8.49. The highest BCUT2D eigenvalue weighted by molar-refractivity contribution is 5.72. The zero-order valence-corrected chi connectivity index (χ0v) is 14.7. The molecule has 1 heterocycles. The average Bonchev–Trinajstić information content (AvgIpc) is 2.72. The number of nitrogens with one attached hydrogen (secondary N) is 1. The summed E-state index contributed by atoms with van der Waals surface area (Å²) in [5.74, 6) is 0. The fourth-order valence-corrected chi connectivity index (χ4v) is 3.06. The lowest BCUT2D eigenvalue weighted by atomic mass is 10.1. The number of nitroso groups, excluding NO2 is 1. The Labute approximate surface area is 152 Å². The summed E-state index contributed by atoms with van der Waals surface area (Å²) < 4.78 is 5.40. The predicted octanol–water partition coefficient (Wildman–Crippen LogP) is 2.95. The van der Waals surface area contributed by atoms with Crippen LogP contribution in [0.25, 0.3) is 0 Å².